The van der Waals surface area contributed by atoms with E-state index >= 15 is 0 Å². The fraction of sp³-hybridized carbons (Fsp3) is 0.306. The molecule has 0 aliphatic heterocycles. The molecule has 4 aromatic carbocycles. The molecule has 4 aromatic rings. The maximum absolute atomic E-state index is 14.4. The lowest BCUT2D eigenvalue weighted by atomic mass is 9.98. The van der Waals surface area contributed by atoms with E-state index in [2.05, 4.69) is 10.6 Å². The number of phenols is 1. The van der Waals surface area contributed by atoms with E-state index in [4.69, 9.17) is 4.74 Å². The first-order valence-electron chi connectivity index (χ1n) is 15.0. The van der Waals surface area contributed by atoms with Crippen LogP contribution >= 0.6 is 0 Å². The maximum atomic E-state index is 14.4. The zero-order valence-corrected chi connectivity index (χ0v) is 26.1. The summed E-state index contributed by atoms with van der Waals surface area (Å²) in [5.74, 6) is -0.997. The van der Waals surface area contributed by atoms with Crippen LogP contribution in [0.3, 0.4) is 0 Å². The van der Waals surface area contributed by atoms with Gasteiger partial charge in [0.2, 0.25) is 5.91 Å². The van der Waals surface area contributed by atoms with Gasteiger partial charge in [-0.3, -0.25) is 9.59 Å². The second-order valence-electron chi connectivity index (χ2n) is 11.9. The number of aromatic hydroxyl groups is 1. The van der Waals surface area contributed by atoms with Crippen molar-refractivity contribution in [3.05, 3.63) is 108 Å². The average Bonchev–Trinajstić information content (AvgIpc) is 3.00. The Kier molecular flexibility index (Phi) is 10.8. The normalized spacial score (nSPS) is 12.6. The molecule has 3 amide bonds. The number of aryl methyl sites for hydroxylation is 1. The van der Waals surface area contributed by atoms with Crippen molar-refractivity contribution < 1.29 is 29.3 Å². The van der Waals surface area contributed by atoms with E-state index in [0.29, 0.717) is 16.8 Å². The number of phenolic OH excluding ortho intramolecular Hbond substituents is 1. The Hall–Kier alpha value is -4.89. The molecule has 0 radical (unpaired) electrons. The van der Waals surface area contributed by atoms with Crippen LogP contribution < -0.4 is 10.6 Å². The molecule has 236 valence electrons. The summed E-state index contributed by atoms with van der Waals surface area (Å²) in [6.45, 7) is 6.58. The van der Waals surface area contributed by atoms with E-state index in [1.165, 1.54) is 17.0 Å². The second-order valence-corrected chi connectivity index (χ2v) is 11.9. The number of anilines is 1. The summed E-state index contributed by atoms with van der Waals surface area (Å²) in [6.07, 6.45) is 0.0452. The maximum Gasteiger partial charge on any atom is 0.408 e. The SMILES string of the molecule is CCc1ccc(C(C(=O)Nc2ccc3ccccc3c2)N(CCO)C(=O)C(Cc2ccc(O)cc2)NC(=O)OC(C)(C)C)cc1. The van der Waals surface area contributed by atoms with Gasteiger partial charge < -0.3 is 30.5 Å². The van der Waals surface area contributed by atoms with Gasteiger partial charge in [0, 0.05) is 18.7 Å². The Morgan fingerprint density at radius 2 is 1.51 bits per heavy atom. The van der Waals surface area contributed by atoms with Gasteiger partial charge in [-0.1, -0.05) is 73.7 Å². The molecule has 0 aliphatic rings. The number of fused-ring (bicyclic) bond motifs is 1. The summed E-state index contributed by atoms with van der Waals surface area (Å²) < 4.78 is 5.46. The summed E-state index contributed by atoms with van der Waals surface area (Å²) in [5, 5.41) is 27.5. The number of nitrogens with one attached hydrogen (secondary N) is 2. The van der Waals surface area contributed by atoms with E-state index in [0.717, 1.165) is 22.8 Å². The zero-order valence-electron chi connectivity index (χ0n) is 26.1. The molecule has 0 aliphatic carbocycles. The highest BCUT2D eigenvalue weighted by molar-refractivity contribution is 6.00. The Labute approximate surface area is 263 Å². The lowest BCUT2D eigenvalue weighted by Crippen LogP contribution is -2.53. The summed E-state index contributed by atoms with van der Waals surface area (Å²) in [4.78, 5) is 42.7. The molecule has 0 spiro atoms. The highest BCUT2D eigenvalue weighted by Crippen LogP contribution is 2.27. The highest BCUT2D eigenvalue weighted by Gasteiger charge is 2.36. The number of hydrogen-bond donors (Lipinski definition) is 4. The van der Waals surface area contributed by atoms with E-state index in [1.54, 1.807) is 51.1 Å². The number of alkyl carbamates (subject to hydrolysis) is 1. The van der Waals surface area contributed by atoms with Crippen molar-refractivity contribution in [1.29, 1.82) is 0 Å². The zero-order chi connectivity index (χ0) is 32.6. The molecule has 0 aromatic heterocycles. The van der Waals surface area contributed by atoms with Crippen molar-refractivity contribution in [2.24, 2.45) is 0 Å². The average molecular weight is 612 g/mol. The second kappa shape index (κ2) is 14.7. The molecule has 2 atom stereocenters. The van der Waals surface area contributed by atoms with Gasteiger partial charge in [0.25, 0.3) is 5.91 Å². The van der Waals surface area contributed by atoms with E-state index in [9.17, 15) is 24.6 Å². The summed E-state index contributed by atoms with van der Waals surface area (Å²) in [7, 11) is 0. The first-order valence-corrected chi connectivity index (χ1v) is 15.0. The van der Waals surface area contributed by atoms with E-state index < -0.39 is 42.2 Å². The quantitative estimate of drug-likeness (QED) is 0.171. The van der Waals surface area contributed by atoms with E-state index in [1.807, 2.05) is 55.5 Å². The van der Waals surface area contributed by atoms with Crippen molar-refractivity contribution in [1.82, 2.24) is 10.2 Å². The Morgan fingerprint density at radius 3 is 2.13 bits per heavy atom. The van der Waals surface area contributed by atoms with Crippen LogP contribution in [0.15, 0.2) is 91.0 Å². The number of rotatable bonds is 11. The molecule has 4 N–H and O–H groups in total. The predicted octanol–water partition coefficient (Wildman–Crippen LogP) is 5.74. The van der Waals surface area contributed by atoms with Gasteiger partial charge in [0.15, 0.2) is 0 Å². The van der Waals surface area contributed by atoms with Crippen molar-refractivity contribution in [3.63, 3.8) is 0 Å². The van der Waals surface area contributed by atoms with Crippen LogP contribution in [0.5, 0.6) is 5.75 Å². The number of ether oxygens (including phenoxy) is 1. The molecule has 9 nitrogen and oxygen atoms in total. The molecule has 9 heteroatoms. The minimum absolute atomic E-state index is 0.0497. The smallest absolute Gasteiger partial charge is 0.408 e. The standard InChI is InChI=1S/C36H41N3O6/c1-5-24-10-14-27(15-11-24)32(33(42)37-29-17-16-26-8-6-7-9-28(26)23-29)39(20-21-40)34(43)31(38-35(44)45-36(2,3)4)22-25-12-18-30(41)19-13-25/h6-19,23,31-32,40-41H,5,20-22H2,1-4H3,(H,37,42)(H,38,44). The topological polar surface area (TPSA) is 128 Å². The van der Waals surface area contributed by atoms with Crippen molar-refractivity contribution in [3.8, 4) is 5.75 Å². The lowest BCUT2D eigenvalue weighted by molar-refractivity contribution is -0.141. The number of benzene rings is 4. The van der Waals surface area contributed by atoms with Gasteiger partial charge in [0.1, 0.15) is 23.4 Å². The number of carbonyl (C=O) groups is 3. The Morgan fingerprint density at radius 1 is 0.867 bits per heavy atom. The van der Waals surface area contributed by atoms with Crippen molar-refractivity contribution in [2.75, 3.05) is 18.5 Å². The summed E-state index contributed by atoms with van der Waals surface area (Å²) in [6, 6.07) is 24.8. The number of aliphatic hydroxyl groups is 1. The van der Waals surface area contributed by atoms with Gasteiger partial charge in [-0.2, -0.15) is 0 Å². The third kappa shape index (κ3) is 9.06. The van der Waals surface area contributed by atoms with Gasteiger partial charge in [-0.15, -0.1) is 0 Å². The van der Waals surface area contributed by atoms with Crippen LogP contribution in [0.2, 0.25) is 0 Å². The van der Waals surface area contributed by atoms with Gasteiger partial charge >= 0.3 is 6.09 Å². The third-order valence-corrected chi connectivity index (χ3v) is 7.27. The van der Waals surface area contributed by atoms with Crippen LogP contribution in [0, 0.1) is 0 Å². The molecule has 4 rings (SSSR count). The van der Waals surface area contributed by atoms with Gasteiger partial charge in [0.05, 0.1) is 6.61 Å². The molecule has 0 saturated carbocycles. The largest absolute Gasteiger partial charge is 0.508 e. The Balaban J connectivity index is 1.73. The molecule has 2 unspecified atom stereocenters. The van der Waals surface area contributed by atoms with Crippen LogP contribution in [0.1, 0.15) is 50.4 Å². The summed E-state index contributed by atoms with van der Waals surface area (Å²) in [5.41, 5.74) is 2.01. The van der Waals surface area contributed by atoms with Crippen LogP contribution in [-0.4, -0.2) is 57.8 Å². The molecular formula is C36H41N3O6. The number of hydrogen-bond acceptors (Lipinski definition) is 6. The number of carbonyl (C=O) groups excluding carboxylic acids is 3. The molecule has 45 heavy (non-hydrogen) atoms. The van der Waals surface area contributed by atoms with E-state index in [-0.39, 0.29) is 18.7 Å². The third-order valence-electron chi connectivity index (χ3n) is 7.27. The fourth-order valence-corrected chi connectivity index (χ4v) is 5.08. The van der Waals surface area contributed by atoms with Crippen molar-refractivity contribution >= 4 is 34.4 Å². The van der Waals surface area contributed by atoms with Crippen molar-refractivity contribution in [2.45, 2.75) is 58.2 Å². The Bertz CT molecular complexity index is 1610. The van der Waals surface area contributed by atoms with Crippen LogP contribution in [0.4, 0.5) is 10.5 Å². The predicted molar refractivity (Wildman–Crippen MR) is 175 cm³/mol. The molecule has 0 bridgehead atoms. The first-order chi connectivity index (χ1) is 21.5. The minimum Gasteiger partial charge on any atom is -0.508 e. The fourth-order valence-electron chi connectivity index (χ4n) is 5.08. The summed E-state index contributed by atoms with van der Waals surface area (Å²) >= 11 is 0. The first kappa shape index (κ1) is 33.0. The van der Waals surface area contributed by atoms with Gasteiger partial charge in [-0.05, 0) is 78.9 Å². The molecular weight excluding hydrogens is 570 g/mol. The number of amides is 3. The molecule has 0 saturated heterocycles. The number of aliphatic hydroxyl groups excluding tert-OH is 1. The highest BCUT2D eigenvalue weighted by atomic mass is 16.6. The number of nitrogens with zero attached hydrogens (tertiary/aromatic N) is 1. The van der Waals surface area contributed by atoms with Crippen LogP contribution in [-0.2, 0) is 27.2 Å². The lowest BCUT2D eigenvalue weighted by Gasteiger charge is -2.34. The molecule has 0 heterocycles. The monoisotopic (exact) mass is 611 g/mol. The molecule has 0 fully saturated rings. The van der Waals surface area contributed by atoms with Gasteiger partial charge in [-0.25, -0.2) is 4.79 Å². The van der Waals surface area contributed by atoms with Crippen LogP contribution in [0.25, 0.3) is 10.8 Å². The minimum atomic E-state index is -1.15.